The molecule has 3 nitrogen and oxygen atoms in total. The van der Waals surface area contributed by atoms with Gasteiger partial charge in [0.25, 0.3) is 0 Å². The van der Waals surface area contributed by atoms with Crippen molar-refractivity contribution in [1.29, 1.82) is 0 Å². The van der Waals surface area contributed by atoms with Crippen molar-refractivity contribution in [2.24, 2.45) is 5.41 Å². The van der Waals surface area contributed by atoms with Crippen LogP contribution in [0.1, 0.15) is 45.4 Å². The Morgan fingerprint density at radius 2 is 1.92 bits per heavy atom. The lowest BCUT2D eigenvalue weighted by Crippen LogP contribution is -2.43. The summed E-state index contributed by atoms with van der Waals surface area (Å²) in [5.74, 6) is -0.818. The first-order chi connectivity index (χ1) is 6.13. The van der Waals surface area contributed by atoms with Crippen LogP contribution in [-0.4, -0.2) is 22.3 Å². The zero-order valence-electron chi connectivity index (χ0n) is 8.12. The quantitative estimate of drug-likeness (QED) is 0.706. The van der Waals surface area contributed by atoms with E-state index < -0.39 is 17.5 Å². The molecule has 76 valence electrons. The Balaban J connectivity index is 2.78. The topological polar surface area (TPSA) is 57.5 Å². The Morgan fingerprint density at radius 3 is 2.31 bits per heavy atom. The number of carboxylic acid groups (broad SMARTS) is 1. The number of carbonyl (C=O) groups is 1. The molecule has 0 aromatic rings. The van der Waals surface area contributed by atoms with Crippen LogP contribution in [0, 0.1) is 5.41 Å². The number of aliphatic carboxylic acids is 1. The van der Waals surface area contributed by atoms with Crippen molar-refractivity contribution in [2.45, 2.75) is 51.6 Å². The summed E-state index contributed by atoms with van der Waals surface area (Å²) < 4.78 is 0. The predicted molar refractivity (Wildman–Crippen MR) is 49.5 cm³/mol. The van der Waals surface area contributed by atoms with Gasteiger partial charge in [0, 0.05) is 0 Å². The summed E-state index contributed by atoms with van der Waals surface area (Å²) in [4.78, 5) is 11.1. The molecule has 1 aliphatic rings. The molecule has 1 fully saturated rings. The van der Waals surface area contributed by atoms with E-state index in [9.17, 15) is 9.90 Å². The van der Waals surface area contributed by atoms with Gasteiger partial charge in [0.15, 0.2) is 0 Å². The van der Waals surface area contributed by atoms with Gasteiger partial charge in [-0.15, -0.1) is 0 Å². The first kappa shape index (κ1) is 10.5. The van der Waals surface area contributed by atoms with Crippen molar-refractivity contribution in [3.05, 3.63) is 0 Å². The summed E-state index contributed by atoms with van der Waals surface area (Å²) >= 11 is 0. The van der Waals surface area contributed by atoms with Crippen molar-refractivity contribution >= 4 is 5.97 Å². The summed E-state index contributed by atoms with van der Waals surface area (Å²) in [5.41, 5.74) is -0.840. The molecule has 0 saturated heterocycles. The van der Waals surface area contributed by atoms with Gasteiger partial charge in [-0.3, -0.25) is 4.79 Å². The minimum absolute atomic E-state index is 0.534. The van der Waals surface area contributed by atoms with Crippen LogP contribution < -0.4 is 0 Å². The van der Waals surface area contributed by atoms with Gasteiger partial charge in [-0.2, -0.15) is 0 Å². The van der Waals surface area contributed by atoms with Crippen LogP contribution in [-0.2, 0) is 4.79 Å². The molecule has 1 rings (SSSR count). The lowest BCUT2D eigenvalue weighted by Gasteiger charge is -2.36. The third-order valence-electron chi connectivity index (χ3n) is 3.20. The zero-order valence-corrected chi connectivity index (χ0v) is 8.12. The molecule has 0 aromatic carbocycles. The highest BCUT2D eigenvalue weighted by molar-refractivity contribution is 5.75. The summed E-state index contributed by atoms with van der Waals surface area (Å²) in [6, 6.07) is 0. The second-order valence-electron chi connectivity index (χ2n) is 3.95. The molecular weight excluding hydrogens is 168 g/mol. The van der Waals surface area contributed by atoms with E-state index in [0.29, 0.717) is 19.3 Å². The van der Waals surface area contributed by atoms with Crippen molar-refractivity contribution in [3.63, 3.8) is 0 Å². The average molecular weight is 186 g/mol. The summed E-state index contributed by atoms with van der Waals surface area (Å²) in [6.45, 7) is 1.84. The van der Waals surface area contributed by atoms with E-state index in [2.05, 4.69) is 0 Å². The van der Waals surface area contributed by atoms with Gasteiger partial charge in [-0.05, 0) is 19.3 Å². The number of hydrogen-bond acceptors (Lipinski definition) is 2. The fourth-order valence-electron chi connectivity index (χ4n) is 2.26. The maximum atomic E-state index is 11.1. The standard InChI is InChI=1S/C10H18O3/c1-2-8(11)10(9(12)13)6-4-3-5-7-10/h8,11H,2-7H2,1H3,(H,12,13). The average Bonchev–Trinajstić information content (AvgIpc) is 2.17. The molecule has 0 aliphatic heterocycles. The van der Waals surface area contributed by atoms with Gasteiger partial charge in [-0.25, -0.2) is 0 Å². The molecule has 0 radical (unpaired) electrons. The lowest BCUT2D eigenvalue weighted by molar-refractivity contribution is -0.160. The van der Waals surface area contributed by atoms with E-state index in [0.717, 1.165) is 19.3 Å². The summed E-state index contributed by atoms with van der Waals surface area (Å²) in [7, 11) is 0. The van der Waals surface area contributed by atoms with E-state index in [1.807, 2.05) is 6.92 Å². The first-order valence-corrected chi connectivity index (χ1v) is 5.05. The largest absolute Gasteiger partial charge is 0.481 e. The molecule has 1 unspecified atom stereocenters. The number of rotatable bonds is 3. The Bertz CT molecular complexity index is 183. The fraction of sp³-hybridized carbons (Fsp3) is 0.900. The van der Waals surface area contributed by atoms with Crippen LogP contribution in [0.15, 0.2) is 0 Å². The van der Waals surface area contributed by atoms with Crippen molar-refractivity contribution < 1.29 is 15.0 Å². The minimum atomic E-state index is -0.840. The van der Waals surface area contributed by atoms with Crippen LogP contribution in [0.25, 0.3) is 0 Å². The third kappa shape index (κ3) is 1.85. The number of aliphatic hydroxyl groups is 1. The van der Waals surface area contributed by atoms with Crippen LogP contribution in [0.2, 0.25) is 0 Å². The molecule has 0 amide bonds. The van der Waals surface area contributed by atoms with E-state index >= 15 is 0 Å². The monoisotopic (exact) mass is 186 g/mol. The summed E-state index contributed by atoms with van der Waals surface area (Å²) in [6.07, 6.45) is 4.10. The van der Waals surface area contributed by atoms with Gasteiger partial charge >= 0.3 is 5.97 Å². The van der Waals surface area contributed by atoms with Gasteiger partial charge in [0.05, 0.1) is 11.5 Å². The fourth-order valence-corrected chi connectivity index (χ4v) is 2.26. The molecule has 3 heteroatoms. The lowest BCUT2D eigenvalue weighted by atomic mass is 9.69. The van der Waals surface area contributed by atoms with E-state index in [-0.39, 0.29) is 0 Å². The third-order valence-corrected chi connectivity index (χ3v) is 3.20. The maximum absolute atomic E-state index is 11.1. The van der Waals surface area contributed by atoms with Crippen molar-refractivity contribution in [2.75, 3.05) is 0 Å². The summed E-state index contributed by atoms with van der Waals surface area (Å²) in [5, 5.41) is 18.9. The Morgan fingerprint density at radius 1 is 1.38 bits per heavy atom. The highest BCUT2D eigenvalue weighted by Crippen LogP contribution is 2.40. The maximum Gasteiger partial charge on any atom is 0.312 e. The highest BCUT2D eigenvalue weighted by atomic mass is 16.4. The van der Waals surface area contributed by atoms with E-state index in [1.165, 1.54) is 0 Å². The molecule has 1 aliphatic carbocycles. The van der Waals surface area contributed by atoms with Crippen molar-refractivity contribution in [3.8, 4) is 0 Å². The zero-order chi connectivity index (χ0) is 9.90. The van der Waals surface area contributed by atoms with Gasteiger partial charge in [0.2, 0.25) is 0 Å². The molecule has 0 bridgehead atoms. The van der Waals surface area contributed by atoms with Crippen LogP contribution in [0.4, 0.5) is 0 Å². The number of carboxylic acids is 1. The second kappa shape index (κ2) is 4.09. The molecule has 1 atom stereocenters. The highest BCUT2D eigenvalue weighted by Gasteiger charge is 2.44. The Kier molecular flexibility index (Phi) is 3.31. The van der Waals surface area contributed by atoms with Crippen LogP contribution >= 0.6 is 0 Å². The molecule has 13 heavy (non-hydrogen) atoms. The minimum Gasteiger partial charge on any atom is -0.481 e. The SMILES string of the molecule is CCC(O)C1(C(=O)O)CCCCC1. The molecule has 0 heterocycles. The van der Waals surface area contributed by atoms with Crippen LogP contribution in [0.3, 0.4) is 0 Å². The molecule has 0 aromatic heterocycles. The smallest absolute Gasteiger partial charge is 0.312 e. The van der Waals surface area contributed by atoms with E-state index in [4.69, 9.17) is 5.11 Å². The Labute approximate surface area is 78.8 Å². The molecule has 2 N–H and O–H groups in total. The molecule has 1 saturated carbocycles. The predicted octanol–water partition coefficient (Wildman–Crippen LogP) is 1.79. The van der Waals surface area contributed by atoms with Crippen LogP contribution in [0.5, 0.6) is 0 Å². The Hall–Kier alpha value is -0.570. The normalized spacial score (nSPS) is 23.8. The number of aliphatic hydroxyl groups excluding tert-OH is 1. The van der Waals surface area contributed by atoms with Gasteiger partial charge < -0.3 is 10.2 Å². The van der Waals surface area contributed by atoms with E-state index in [1.54, 1.807) is 0 Å². The molecular formula is C10H18O3. The number of hydrogen-bond donors (Lipinski definition) is 2. The van der Waals surface area contributed by atoms with Crippen molar-refractivity contribution in [1.82, 2.24) is 0 Å². The first-order valence-electron chi connectivity index (χ1n) is 5.05. The van der Waals surface area contributed by atoms with Gasteiger partial charge in [-0.1, -0.05) is 26.2 Å². The van der Waals surface area contributed by atoms with Gasteiger partial charge in [0.1, 0.15) is 0 Å². The molecule has 0 spiro atoms. The second-order valence-corrected chi connectivity index (χ2v) is 3.95.